The topological polar surface area (TPSA) is 84.9 Å². The van der Waals surface area contributed by atoms with Gasteiger partial charge in [-0.25, -0.2) is 13.2 Å². The molecule has 0 spiro atoms. The molecule has 1 fully saturated rings. The Morgan fingerprint density at radius 1 is 1.35 bits per heavy atom. The van der Waals surface area contributed by atoms with Gasteiger partial charge < -0.3 is 14.8 Å². The van der Waals surface area contributed by atoms with Crippen molar-refractivity contribution in [1.82, 2.24) is 9.62 Å². The van der Waals surface area contributed by atoms with E-state index in [1.807, 2.05) is 0 Å². The SMILES string of the molecule is CCOC(=O)NC1CCCN(S(=O)(=O)c2ccc(OC)cc2)C1. The quantitative estimate of drug-likeness (QED) is 0.878. The van der Waals surface area contributed by atoms with Crippen molar-refractivity contribution in [3.63, 3.8) is 0 Å². The van der Waals surface area contributed by atoms with Crippen molar-refractivity contribution >= 4 is 16.1 Å². The van der Waals surface area contributed by atoms with Gasteiger partial charge in [-0.05, 0) is 44.0 Å². The van der Waals surface area contributed by atoms with Gasteiger partial charge in [0.1, 0.15) is 5.75 Å². The van der Waals surface area contributed by atoms with Gasteiger partial charge >= 0.3 is 6.09 Å². The highest BCUT2D eigenvalue weighted by Gasteiger charge is 2.31. The average molecular weight is 342 g/mol. The van der Waals surface area contributed by atoms with Gasteiger partial charge in [0, 0.05) is 19.1 Å². The molecule has 1 atom stereocenters. The number of carbonyl (C=O) groups excluding carboxylic acids is 1. The summed E-state index contributed by atoms with van der Waals surface area (Å²) in [5, 5.41) is 2.70. The molecule has 1 aromatic carbocycles. The van der Waals surface area contributed by atoms with Crippen molar-refractivity contribution in [3.05, 3.63) is 24.3 Å². The van der Waals surface area contributed by atoms with Crippen LogP contribution in [0.4, 0.5) is 4.79 Å². The van der Waals surface area contributed by atoms with E-state index in [-0.39, 0.29) is 24.1 Å². The van der Waals surface area contributed by atoms with E-state index in [4.69, 9.17) is 9.47 Å². The second-order valence-electron chi connectivity index (χ2n) is 5.24. The standard InChI is InChI=1S/C15H22N2O5S/c1-3-22-15(18)16-12-5-4-10-17(11-12)23(19,20)14-8-6-13(21-2)7-9-14/h6-9,12H,3-5,10-11H2,1-2H3,(H,16,18). The van der Waals surface area contributed by atoms with Gasteiger partial charge in [0.25, 0.3) is 0 Å². The number of alkyl carbamates (subject to hydrolysis) is 1. The van der Waals surface area contributed by atoms with Gasteiger partial charge in [0.05, 0.1) is 18.6 Å². The smallest absolute Gasteiger partial charge is 0.407 e. The predicted molar refractivity (Wildman–Crippen MR) is 84.9 cm³/mol. The Morgan fingerprint density at radius 3 is 2.65 bits per heavy atom. The molecular formula is C15H22N2O5S. The largest absolute Gasteiger partial charge is 0.497 e. The van der Waals surface area contributed by atoms with Crippen LogP contribution in [0.3, 0.4) is 0 Å². The van der Waals surface area contributed by atoms with Gasteiger partial charge in [-0.1, -0.05) is 0 Å². The van der Waals surface area contributed by atoms with E-state index in [2.05, 4.69) is 5.32 Å². The summed E-state index contributed by atoms with van der Waals surface area (Å²) in [4.78, 5) is 11.7. The molecular weight excluding hydrogens is 320 g/mol. The Kier molecular flexibility index (Phi) is 5.84. The minimum Gasteiger partial charge on any atom is -0.497 e. The maximum absolute atomic E-state index is 12.7. The van der Waals surface area contributed by atoms with Crippen molar-refractivity contribution in [2.45, 2.75) is 30.7 Å². The highest BCUT2D eigenvalue weighted by Crippen LogP contribution is 2.22. The molecule has 0 aromatic heterocycles. The normalized spacial score (nSPS) is 19.1. The lowest BCUT2D eigenvalue weighted by atomic mass is 10.1. The highest BCUT2D eigenvalue weighted by atomic mass is 32.2. The molecule has 0 radical (unpaired) electrons. The maximum Gasteiger partial charge on any atom is 0.407 e. The first-order chi connectivity index (χ1) is 11.0. The van der Waals surface area contributed by atoms with E-state index in [9.17, 15) is 13.2 Å². The van der Waals surface area contributed by atoms with Crippen LogP contribution in [-0.2, 0) is 14.8 Å². The van der Waals surface area contributed by atoms with Crippen molar-refractivity contribution in [2.24, 2.45) is 0 Å². The van der Waals surface area contributed by atoms with E-state index < -0.39 is 16.1 Å². The van der Waals surface area contributed by atoms with Gasteiger partial charge in [-0.2, -0.15) is 4.31 Å². The first kappa shape index (κ1) is 17.6. The van der Waals surface area contributed by atoms with Crippen LogP contribution in [0.25, 0.3) is 0 Å². The lowest BCUT2D eigenvalue weighted by molar-refractivity contribution is 0.142. The predicted octanol–water partition coefficient (Wildman–Crippen LogP) is 1.59. The van der Waals surface area contributed by atoms with Crippen LogP contribution in [0.1, 0.15) is 19.8 Å². The zero-order chi connectivity index (χ0) is 16.9. The molecule has 1 amide bonds. The molecule has 1 N–H and O–H groups in total. The number of hydrogen-bond acceptors (Lipinski definition) is 5. The van der Waals surface area contributed by atoms with Crippen LogP contribution in [0, 0.1) is 0 Å². The summed E-state index contributed by atoms with van der Waals surface area (Å²) < 4.78 is 36.7. The van der Waals surface area contributed by atoms with Crippen molar-refractivity contribution in [2.75, 3.05) is 26.8 Å². The number of rotatable bonds is 5. The van der Waals surface area contributed by atoms with Gasteiger partial charge in [0.15, 0.2) is 0 Å². The van der Waals surface area contributed by atoms with Crippen LogP contribution in [0.5, 0.6) is 5.75 Å². The fourth-order valence-corrected chi connectivity index (χ4v) is 4.04. The third-order valence-electron chi connectivity index (χ3n) is 3.68. The number of nitrogens with one attached hydrogen (secondary N) is 1. The van der Waals surface area contributed by atoms with E-state index in [0.29, 0.717) is 18.7 Å². The van der Waals surface area contributed by atoms with Gasteiger partial charge in [0.2, 0.25) is 10.0 Å². The Balaban J connectivity index is 2.07. The fourth-order valence-electron chi connectivity index (χ4n) is 2.51. The van der Waals surface area contributed by atoms with Crippen LogP contribution < -0.4 is 10.1 Å². The Labute approximate surface area is 136 Å². The number of piperidine rings is 1. The number of ether oxygens (including phenoxy) is 2. The number of benzene rings is 1. The lowest BCUT2D eigenvalue weighted by Crippen LogP contribution is -2.49. The van der Waals surface area contributed by atoms with E-state index in [0.717, 1.165) is 6.42 Å². The Hall–Kier alpha value is -1.80. The molecule has 8 heteroatoms. The molecule has 1 heterocycles. The third kappa shape index (κ3) is 4.35. The summed E-state index contributed by atoms with van der Waals surface area (Å²) >= 11 is 0. The molecule has 0 bridgehead atoms. The van der Waals surface area contributed by atoms with Crippen molar-refractivity contribution < 1.29 is 22.7 Å². The summed E-state index contributed by atoms with van der Waals surface area (Å²) in [6.45, 7) is 2.69. The monoisotopic (exact) mass is 342 g/mol. The van der Waals surface area contributed by atoms with Crippen LogP contribution in [-0.4, -0.2) is 51.7 Å². The lowest BCUT2D eigenvalue weighted by Gasteiger charge is -2.32. The van der Waals surface area contributed by atoms with Gasteiger partial charge in [-0.15, -0.1) is 0 Å². The molecule has 1 unspecified atom stereocenters. The average Bonchev–Trinajstić information content (AvgIpc) is 2.55. The second-order valence-corrected chi connectivity index (χ2v) is 7.18. The summed E-state index contributed by atoms with van der Waals surface area (Å²) in [6, 6.07) is 6.04. The number of methoxy groups -OCH3 is 1. The number of amides is 1. The zero-order valence-corrected chi connectivity index (χ0v) is 14.1. The molecule has 1 aliphatic rings. The summed E-state index contributed by atoms with van der Waals surface area (Å²) in [6.07, 6.45) is 0.904. The van der Waals surface area contributed by atoms with Crippen molar-refractivity contribution in [1.29, 1.82) is 0 Å². The third-order valence-corrected chi connectivity index (χ3v) is 5.56. The Morgan fingerprint density at radius 2 is 2.04 bits per heavy atom. The van der Waals surface area contributed by atoms with Crippen molar-refractivity contribution in [3.8, 4) is 5.75 Å². The number of carbonyl (C=O) groups is 1. The minimum absolute atomic E-state index is 0.218. The van der Waals surface area contributed by atoms with Crippen LogP contribution >= 0.6 is 0 Å². The highest BCUT2D eigenvalue weighted by molar-refractivity contribution is 7.89. The second kappa shape index (κ2) is 7.65. The van der Waals surface area contributed by atoms with Crippen LogP contribution in [0.2, 0.25) is 0 Å². The zero-order valence-electron chi connectivity index (χ0n) is 13.3. The fraction of sp³-hybridized carbons (Fsp3) is 0.533. The maximum atomic E-state index is 12.7. The molecule has 0 aliphatic carbocycles. The van der Waals surface area contributed by atoms with E-state index in [1.165, 1.54) is 23.5 Å². The van der Waals surface area contributed by atoms with Crippen LogP contribution in [0.15, 0.2) is 29.2 Å². The first-order valence-corrected chi connectivity index (χ1v) is 8.99. The van der Waals surface area contributed by atoms with Gasteiger partial charge in [-0.3, -0.25) is 0 Å². The molecule has 1 aromatic rings. The molecule has 128 valence electrons. The number of nitrogens with zero attached hydrogens (tertiary/aromatic N) is 1. The summed E-state index contributed by atoms with van der Waals surface area (Å²) in [5.74, 6) is 0.601. The molecule has 1 aliphatic heterocycles. The summed E-state index contributed by atoms with van der Waals surface area (Å²) in [5.41, 5.74) is 0. The molecule has 0 saturated carbocycles. The van der Waals surface area contributed by atoms with E-state index >= 15 is 0 Å². The molecule has 2 rings (SSSR count). The Bertz CT molecular complexity index is 630. The molecule has 7 nitrogen and oxygen atoms in total. The molecule has 1 saturated heterocycles. The minimum atomic E-state index is -3.58. The first-order valence-electron chi connectivity index (χ1n) is 7.55. The molecule has 23 heavy (non-hydrogen) atoms. The number of hydrogen-bond donors (Lipinski definition) is 1. The summed E-state index contributed by atoms with van der Waals surface area (Å²) in [7, 11) is -2.05. The number of sulfonamides is 1. The van der Waals surface area contributed by atoms with E-state index in [1.54, 1.807) is 19.1 Å².